The molecule has 0 aliphatic heterocycles. The van der Waals surface area contributed by atoms with Crippen molar-refractivity contribution in [2.24, 2.45) is 0 Å². The van der Waals surface area contributed by atoms with E-state index in [1.807, 2.05) is 6.92 Å². The van der Waals surface area contributed by atoms with Crippen molar-refractivity contribution in [1.29, 1.82) is 0 Å². The molecular formula is C12H21N3O4S2. The Morgan fingerprint density at radius 1 is 1.05 bits per heavy atom. The van der Waals surface area contributed by atoms with E-state index in [2.05, 4.69) is 14.8 Å². The van der Waals surface area contributed by atoms with Gasteiger partial charge in [-0.25, -0.2) is 26.3 Å². The summed E-state index contributed by atoms with van der Waals surface area (Å²) in [6.45, 7) is 2.44. The van der Waals surface area contributed by atoms with E-state index in [1.54, 1.807) is 18.2 Å². The summed E-state index contributed by atoms with van der Waals surface area (Å²) in [6, 6.07) is 6.51. The van der Waals surface area contributed by atoms with Gasteiger partial charge in [0.1, 0.15) is 4.90 Å². The van der Waals surface area contributed by atoms with Crippen LogP contribution in [0.4, 0.5) is 5.69 Å². The standard InChI is InChI=1S/C12H21N3O4S2/c1-3-8-14-11-6-4-5-7-12(11)21(18,19)15-9-10-20(16,17)13-2/h4-7,13-15H,3,8-10H2,1-2H3. The second kappa shape index (κ2) is 7.74. The molecule has 9 heteroatoms. The van der Waals surface area contributed by atoms with Crippen LogP contribution in [0.3, 0.4) is 0 Å². The summed E-state index contributed by atoms with van der Waals surface area (Å²) in [6.07, 6.45) is 0.863. The van der Waals surface area contributed by atoms with Gasteiger partial charge in [-0.1, -0.05) is 19.1 Å². The normalized spacial score (nSPS) is 12.3. The fourth-order valence-corrected chi connectivity index (χ4v) is 3.51. The lowest BCUT2D eigenvalue weighted by Crippen LogP contribution is -2.33. The molecule has 0 radical (unpaired) electrons. The van der Waals surface area contributed by atoms with Crippen molar-refractivity contribution >= 4 is 25.7 Å². The van der Waals surface area contributed by atoms with Crippen molar-refractivity contribution in [3.63, 3.8) is 0 Å². The molecule has 0 saturated carbocycles. The maximum Gasteiger partial charge on any atom is 0.242 e. The van der Waals surface area contributed by atoms with Crippen LogP contribution in [0, 0.1) is 0 Å². The first-order chi connectivity index (χ1) is 9.82. The Morgan fingerprint density at radius 2 is 1.71 bits per heavy atom. The van der Waals surface area contributed by atoms with Crippen molar-refractivity contribution in [3.8, 4) is 0 Å². The van der Waals surface area contributed by atoms with Crippen molar-refractivity contribution in [3.05, 3.63) is 24.3 Å². The van der Waals surface area contributed by atoms with Crippen LogP contribution in [0.5, 0.6) is 0 Å². The average Bonchev–Trinajstić information content (AvgIpc) is 2.45. The zero-order valence-corrected chi connectivity index (χ0v) is 13.7. The molecule has 0 fully saturated rings. The molecule has 0 aliphatic rings. The summed E-state index contributed by atoms with van der Waals surface area (Å²) in [5.41, 5.74) is 0.503. The highest BCUT2D eigenvalue weighted by Gasteiger charge is 2.18. The molecule has 0 amide bonds. The molecule has 1 aromatic rings. The van der Waals surface area contributed by atoms with E-state index >= 15 is 0 Å². The van der Waals surface area contributed by atoms with Crippen LogP contribution in [0.25, 0.3) is 0 Å². The first-order valence-electron chi connectivity index (χ1n) is 6.56. The highest BCUT2D eigenvalue weighted by molar-refractivity contribution is 7.90. The van der Waals surface area contributed by atoms with Crippen molar-refractivity contribution in [1.82, 2.24) is 9.44 Å². The Kier molecular flexibility index (Phi) is 6.59. The van der Waals surface area contributed by atoms with E-state index < -0.39 is 20.0 Å². The predicted molar refractivity (Wildman–Crippen MR) is 83.3 cm³/mol. The molecule has 0 heterocycles. The van der Waals surface area contributed by atoms with Crippen LogP contribution in [0.1, 0.15) is 13.3 Å². The molecule has 0 bridgehead atoms. The molecule has 21 heavy (non-hydrogen) atoms. The summed E-state index contributed by atoms with van der Waals surface area (Å²) >= 11 is 0. The Balaban J connectivity index is 2.83. The summed E-state index contributed by atoms with van der Waals surface area (Å²) in [5, 5.41) is 3.04. The van der Waals surface area contributed by atoms with Gasteiger partial charge < -0.3 is 5.32 Å². The minimum atomic E-state index is -3.76. The van der Waals surface area contributed by atoms with Gasteiger partial charge in [0, 0.05) is 13.1 Å². The molecule has 0 spiro atoms. The molecular weight excluding hydrogens is 314 g/mol. The van der Waals surface area contributed by atoms with Gasteiger partial charge >= 0.3 is 0 Å². The molecule has 120 valence electrons. The van der Waals surface area contributed by atoms with Gasteiger partial charge in [0.05, 0.1) is 11.4 Å². The van der Waals surface area contributed by atoms with E-state index in [0.717, 1.165) is 6.42 Å². The lowest BCUT2D eigenvalue weighted by atomic mass is 10.3. The van der Waals surface area contributed by atoms with Crippen LogP contribution < -0.4 is 14.8 Å². The summed E-state index contributed by atoms with van der Waals surface area (Å²) in [7, 11) is -5.91. The quantitative estimate of drug-likeness (QED) is 0.603. The third-order valence-electron chi connectivity index (χ3n) is 2.72. The van der Waals surface area contributed by atoms with Crippen molar-refractivity contribution in [2.45, 2.75) is 18.2 Å². The van der Waals surface area contributed by atoms with Gasteiger partial charge in [0.2, 0.25) is 20.0 Å². The van der Waals surface area contributed by atoms with Crippen LogP contribution >= 0.6 is 0 Å². The van der Waals surface area contributed by atoms with E-state index in [1.165, 1.54) is 13.1 Å². The number of anilines is 1. The maximum atomic E-state index is 12.2. The molecule has 0 aliphatic carbocycles. The fourth-order valence-electron chi connectivity index (χ4n) is 1.60. The lowest BCUT2D eigenvalue weighted by molar-refractivity contribution is 0.579. The van der Waals surface area contributed by atoms with Crippen molar-refractivity contribution in [2.75, 3.05) is 31.2 Å². The number of hydrogen-bond acceptors (Lipinski definition) is 5. The maximum absolute atomic E-state index is 12.2. The minimum absolute atomic E-state index is 0.111. The van der Waals surface area contributed by atoms with Gasteiger partial charge in [-0.15, -0.1) is 0 Å². The number of benzene rings is 1. The third kappa shape index (κ3) is 5.62. The zero-order valence-electron chi connectivity index (χ0n) is 12.1. The second-order valence-corrected chi connectivity index (χ2v) is 8.13. The minimum Gasteiger partial charge on any atom is -0.384 e. The first-order valence-corrected chi connectivity index (χ1v) is 9.69. The average molecular weight is 335 g/mol. The number of nitrogens with one attached hydrogen (secondary N) is 3. The highest BCUT2D eigenvalue weighted by atomic mass is 32.2. The van der Waals surface area contributed by atoms with E-state index in [0.29, 0.717) is 12.2 Å². The number of hydrogen-bond donors (Lipinski definition) is 3. The van der Waals surface area contributed by atoms with Gasteiger partial charge in [0.25, 0.3) is 0 Å². The highest BCUT2D eigenvalue weighted by Crippen LogP contribution is 2.20. The van der Waals surface area contributed by atoms with E-state index in [4.69, 9.17) is 0 Å². The summed E-state index contributed by atoms with van der Waals surface area (Å²) in [4.78, 5) is 0.111. The molecule has 0 saturated heterocycles. The molecule has 1 aromatic carbocycles. The van der Waals surface area contributed by atoms with E-state index in [-0.39, 0.29) is 17.2 Å². The molecule has 0 unspecified atom stereocenters. The number of para-hydroxylation sites is 1. The van der Waals surface area contributed by atoms with Gasteiger partial charge in [-0.05, 0) is 25.6 Å². The molecule has 3 N–H and O–H groups in total. The second-order valence-electron chi connectivity index (χ2n) is 4.34. The summed E-state index contributed by atoms with van der Waals surface area (Å²) < 4.78 is 51.4. The van der Waals surface area contributed by atoms with Gasteiger partial charge in [-0.3, -0.25) is 0 Å². The number of rotatable bonds is 9. The number of sulfonamides is 2. The Hall–Kier alpha value is -1.16. The van der Waals surface area contributed by atoms with Gasteiger partial charge in [0.15, 0.2) is 0 Å². The molecule has 0 aromatic heterocycles. The molecule has 1 rings (SSSR count). The molecule has 7 nitrogen and oxygen atoms in total. The van der Waals surface area contributed by atoms with Crippen LogP contribution in [-0.2, 0) is 20.0 Å². The first kappa shape index (κ1) is 17.9. The lowest BCUT2D eigenvalue weighted by Gasteiger charge is -2.12. The summed E-state index contributed by atoms with van der Waals surface area (Å²) in [5.74, 6) is -0.312. The van der Waals surface area contributed by atoms with E-state index in [9.17, 15) is 16.8 Å². The zero-order chi connectivity index (χ0) is 15.9. The van der Waals surface area contributed by atoms with Crippen LogP contribution in [0.2, 0.25) is 0 Å². The fraction of sp³-hybridized carbons (Fsp3) is 0.500. The molecule has 0 atom stereocenters. The van der Waals surface area contributed by atoms with Crippen LogP contribution in [0.15, 0.2) is 29.2 Å². The van der Waals surface area contributed by atoms with Crippen molar-refractivity contribution < 1.29 is 16.8 Å². The smallest absolute Gasteiger partial charge is 0.242 e. The Morgan fingerprint density at radius 3 is 2.33 bits per heavy atom. The predicted octanol–water partition coefficient (Wildman–Crippen LogP) is 0.336. The SMILES string of the molecule is CCCNc1ccccc1S(=O)(=O)NCCS(=O)(=O)NC. The Bertz CT molecular complexity index is 657. The Labute approximate surface area is 126 Å². The third-order valence-corrected chi connectivity index (χ3v) is 5.60. The van der Waals surface area contributed by atoms with Crippen LogP contribution in [-0.4, -0.2) is 42.7 Å². The monoisotopic (exact) mass is 335 g/mol. The topological polar surface area (TPSA) is 104 Å². The largest absolute Gasteiger partial charge is 0.384 e. The van der Waals surface area contributed by atoms with Gasteiger partial charge in [-0.2, -0.15) is 0 Å².